The van der Waals surface area contributed by atoms with E-state index in [4.69, 9.17) is 16.3 Å². The van der Waals surface area contributed by atoms with Crippen LogP contribution in [-0.2, 0) is 22.2 Å². The molecular weight excluding hydrogens is 445 g/mol. The molecular formula is C20H20ClF3O5S. The predicted molar refractivity (Wildman–Crippen MR) is 105 cm³/mol. The zero-order valence-corrected chi connectivity index (χ0v) is 17.2. The van der Waals surface area contributed by atoms with Gasteiger partial charge in [-0.05, 0) is 41.3 Å². The molecule has 2 aromatic rings. The van der Waals surface area contributed by atoms with Crippen LogP contribution in [0.1, 0.15) is 35.6 Å². The second kappa shape index (κ2) is 9.65. The molecule has 0 aliphatic carbocycles. The molecule has 0 bridgehead atoms. The van der Waals surface area contributed by atoms with Crippen molar-refractivity contribution in [3.63, 3.8) is 0 Å². The van der Waals surface area contributed by atoms with E-state index < -0.39 is 28.8 Å². The molecule has 1 aliphatic heterocycles. The number of hydrogen-bond acceptors (Lipinski definition) is 5. The van der Waals surface area contributed by atoms with Gasteiger partial charge in [-0.2, -0.15) is 13.2 Å². The highest BCUT2D eigenvalue weighted by Gasteiger charge is 2.40. The maximum atomic E-state index is 12.3. The Kier molecular flexibility index (Phi) is 7.41. The van der Waals surface area contributed by atoms with Crippen molar-refractivity contribution in [1.29, 1.82) is 0 Å². The van der Waals surface area contributed by atoms with Gasteiger partial charge in [-0.25, -0.2) is 4.21 Å². The molecule has 2 N–H and O–H groups in total. The molecule has 1 aliphatic rings. The van der Waals surface area contributed by atoms with Gasteiger partial charge in [-0.15, -0.1) is 0 Å². The van der Waals surface area contributed by atoms with E-state index in [-0.39, 0.29) is 18.5 Å². The Balaban J connectivity index is 1.72. The molecule has 0 spiro atoms. The van der Waals surface area contributed by atoms with Gasteiger partial charge in [0.2, 0.25) is 0 Å². The van der Waals surface area contributed by atoms with Gasteiger partial charge in [0, 0.05) is 17.9 Å². The van der Waals surface area contributed by atoms with E-state index in [1.54, 1.807) is 24.3 Å². The summed E-state index contributed by atoms with van der Waals surface area (Å²) in [6, 6.07) is 11.1. The first kappa shape index (κ1) is 23.0. The molecule has 30 heavy (non-hydrogen) atoms. The molecule has 2 aromatic carbocycles. The molecule has 4 atom stereocenters. The van der Waals surface area contributed by atoms with Crippen LogP contribution in [-0.4, -0.2) is 38.7 Å². The van der Waals surface area contributed by atoms with Crippen molar-refractivity contribution >= 4 is 22.7 Å². The standard InChI is InChI=1S/C20H20ClF3O5S/c21-18-6-3-13(19-10-15(26)9-17(11-25)28-19)8-14(18)7-12-1-4-16(5-2-12)29-30(27)20(22,23)24/h1-6,8,15,17,19,25-26H,7,9-11H2. The number of ether oxygens (including phenoxy) is 1. The first-order valence-corrected chi connectivity index (χ1v) is 10.6. The summed E-state index contributed by atoms with van der Waals surface area (Å²) >= 11 is 2.88. The second-order valence-corrected chi connectivity index (χ2v) is 8.50. The Bertz CT molecular complexity index is 891. The van der Waals surface area contributed by atoms with Gasteiger partial charge < -0.3 is 19.1 Å². The maximum Gasteiger partial charge on any atom is 0.508 e. The summed E-state index contributed by atoms with van der Waals surface area (Å²) in [5, 5.41) is 19.9. The molecule has 1 saturated heterocycles. The number of rotatable bonds is 6. The smallest absolute Gasteiger partial charge is 0.394 e. The number of halogens is 4. The minimum Gasteiger partial charge on any atom is -0.394 e. The van der Waals surface area contributed by atoms with Gasteiger partial charge in [0.15, 0.2) is 0 Å². The number of alkyl halides is 3. The largest absolute Gasteiger partial charge is 0.508 e. The average Bonchev–Trinajstić information content (AvgIpc) is 2.69. The van der Waals surface area contributed by atoms with E-state index in [1.165, 1.54) is 12.1 Å². The van der Waals surface area contributed by atoms with Crippen molar-refractivity contribution in [3.8, 4) is 5.75 Å². The van der Waals surface area contributed by atoms with Gasteiger partial charge in [-0.3, -0.25) is 0 Å². The summed E-state index contributed by atoms with van der Waals surface area (Å²) < 4.78 is 58.2. The van der Waals surface area contributed by atoms with Crippen molar-refractivity contribution < 1.29 is 36.5 Å². The Morgan fingerprint density at radius 3 is 2.50 bits per heavy atom. The van der Waals surface area contributed by atoms with Gasteiger partial charge in [0.1, 0.15) is 5.75 Å². The monoisotopic (exact) mass is 464 g/mol. The van der Waals surface area contributed by atoms with Crippen LogP contribution in [0.4, 0.5) is 13.2 Å². The zero-order valence-electron chi connectivity index (χ0n) is 15.6. The van der Waals surface area contributed by atoms with Crippen molar-refractivity contribution in [2.75, 3.05) is 6.61 Å². The molecule has 4 unspecified atom stereocenters. The fourth-order valence-electron chi connectivity index (χ4n) is 3.27. The first-order valence-electron chi connectivity index (χ1n) is 9.14. The van der Waals surface area contributed by atoms with Gasteiger partial charge >= 0.3 is 16.6 Å². The molecule has 0 saturated carbocycles. The second-order valence-electron chi connectivity index (χ2n) is 6.99. The fraction of sp³-hybridized carbons (Fsp3) is 0.400. The zero-order chi connectivity index (χ0) is 21.9. The molecule has 10 heteroatoms. The molecule has 164 valence electrons. The Labute approximate surface area is 179 Å². The van der Waals surface area contributed by atoms with E-state index in [0.717, 1.165) is 16.7 Å². The van der Waals surface area contributed by atoms with E-state index in [1.807, 2.05) is 6.07 Å². The average molecular weight is 465 g/mol. The minimum absolute atomic E-state index is 0.158. The third-order valence-electron chi connectivity index (χ3n) is 4.70. The molecule has 0 radical (unpaired) electrons. The van der Waals surface area contributed by atoms with Crippen molar-refractivity contribution in [2.24, 2.45) is 0 Å². The number of hydrogen-bond donors (Lipinski definition) is 2. The lowest BCUT2D eigenvalue weighted by Gasteiger charge is -2.32. The lowest BCUT2D eigenvalue weighted by atomic mass is 9.94. The topological polar surface area (TPSA) is 76.0 Å². The SMILES string of the molecule is O=S(Oc1ccc(Cc2cc(C3CC(O)CC(CO)O3)ccc2Cl)cc1)C(F)(F)F. The Hall–Kier alpha value is -1.65. The quantitative estimate of drug-likeness (QED) is 0.674. The van der Waals surface area contributed by atoms with Gasteiger partial charge in [0.25, 0.3) is 0 Å². The molecule has 0 aromatic heterocycles. The summed E-state index contributed by atoms with van der Waals surface area (Å²) in [4.78, 5) is 0. The highest BCUT2D eigenvalue weighted by atomic mass is 35.5. The van der Waals surface area contributed by atoms with Crippen LogP contribution in [0, 0.1) is 0 Å². The van der Waals surface area contributed by atoms with Crippen LogP contribution in [0.5, 0.6) is 5.75 Å². The van der Waals surface area contributed by atoms with Crippen LogP contribution in [0.15, 0.2) is 42.5 Å². The van der Waals surface area contributed by atoms with Gasteiger partial charge in [-0.1, -0.05) is 35.9 Å². The predicted octanol–water partition coefficient (Wildman–Crippen LogP) is 4.07. The highest BCUT2D eigenvalue weighted by molar-refractivity contribution is 7.81. The van der Waals surface area contributed by atoms with Crippen molar-refractivity contribution in [1.82, 2.24) is 0 Å². The molecule has 0 amide bonds. The number of aliphatic hydroxyl groups excluding tert-OH is 2. The Morgan fingerprint density at radius 1 is 1.17 bits per heavy atom. The molecule has 3 rings (SSSR count). The summed E-state index contributed by atoms with van der Waals surface area (Å²) in [6.07, 6.45) is -0.216. The van der Waals surface area contributed by atoms with Crippen molar-refractivity contribution in [3.05, 3.63) is 64.2 Å². The van der Waals surface area contributed by atoms with E-state index >= 15 is 0 Å². The highest BCUT2D eigenvalue weighted by Crippen LogP contribution is 2.34. The third-order valence-corrected chi connectivity index (χ3v) is 5.79. The number of benzene rings is 2. The third kappa shape index (κ3) is 5.95. The summed E-state index contributed by atoms with van der Waals surface area (Å²) in [5.74, 6) is -0.158. The van der Waals surface area contributed by atoms with Gasteiger partial charge in [0.05, 0.1) is 24.9 Å². The summed E-state index contributed by atoms with van der Waals surface area (Å²) in [6.45, 7) is -0.179. The lowest BCUT2D eigenvalue weighted by Crippen LogP contribution is -2.33. The van der Waals surface area contributed by atoms with E-state index in [2.05, 4.69) is 4.18 Å². The lowest BCUT2D eigenvalue weighted by molar-refractivity contribution is -0.113. The normalized spacial score (nSPS) is 23.2. The summed E-state index contributed by atoms with van der Waals surface area (Å²) in [5.41, 5.74) is -2.61. The Morgan fingerprint density at radius 2 is 1.87 bits per heavy atom. The van der Waals surface area contributed by atoms with Crippen LogP contribution in [0.25, 0.3) is 0 Å². The molecule has 5 nitrogen and oxygen atoms in total. The first-order chi connectivity index (χ1) is 14.2. The van der Waals surface area contributed by atoms with Crippen LogP contribution >= 0.6 is 11.6 Å². The molecule has 1 heterocycles. The van der Waals surface area contributed by atoms with Crippen molar-refractivity contribution in [2.45, 2.75) is 43.1 Å². The number of aliphatic hydroxyl groups is 2. The maximum absolute atomic E-state index is 12.3. The fourth-order valence-corrected chi connectivity index (χ4v) is 3.84. The van der Waals surface area contributed by atoms with E-state index in [0.29, 0.717) is 24.3 Å². The van der Waals surface area contributed by atoms with Crippen LogP contribution in [0.3, 0.4) is 0 Å². The molecule has 1 fully saturated rings. The van der Waals surface area contributed by atoms with E-state index in [9.17, 15) is 27.6 Å². The van der Waals surface area contributed by atoms with Crippen LogP contribution in [0.2, 0.25) is 5.02 Å². The minimum atomic E-state index is -4.95. The summed E-state index contributed by atoms with van der Waals surface area (Å²) in [7, 11) is 0. The van der Waals surface area contributed by atoms with Crippen LogP contribution < -0.4 is 4.18 Å².